The van der Waals surface area contributed by atoms with Crippen molar-refractivity contribution < 1.29 is 9.72 Å². The maximum atomic E-state index is 11.5. The lowest BCUT2D eigenvalue weighted by Gasteiger charge is -2.04. The van der Waals surface area contributed by atoms with Crippen LogP contribution < -0.4 is 5.32 Å². The van der Waals surface area contributed by atoms with Gasteiger partial charge in [0.1, 0.15) is 0 Å². The molecule has 0 aliphatic carbocycles. The molecule has 8 nitrogen and oxygen atoms in total. The standard InChI is InChI=1S/C11H13N5O3/c12-15-14-6-2-5-13-11(17)8-9-3-1-4-10(7-9)16(18)19/h1,3-4,7H,2,5-6,8H2,(H,13,17). The molecular formula is C11H13N5O3. The number of rotatable bonds is 7. The highest BCUT2D eigenvalue weighted by molar-refractivity contribution is 5.78. The molecule has 0 heterocycles. The zero-order valence-corrected chi connectivity index (χ0v) is 10.2. The Morgan fingerprint density at radius 3 is 3.00 bits per heavy atom. The third kappa shape index (κ3) is 5.51. The Labute approximate surface area is 109 Å². The number of nitro groups is 1. The SMILES string of the molecule is [N-]=[N+]=NCCCNC(=O)Cc1cccc([N+](=O)[O-])c1. The molecule has 0 unspecified atom stereocenters. The van der Waals surface area contributed by atoms with Crippen LogP contribution in [0.5, 0.6) is 0 Å². The van der Waals surface area contributed by atoms with Crippen LogP contribution in [0.15, 0.2) is 29.4 Å². The van der Waals surface area contributed by atoms with Crippen LogP contribution in [-0.2, 0) is 11.2 Å². The van der Waals surface area contributed by atoms with Crippen LogP contribution in [0.1, 0.15) is 12.0 Å². The first-order chi connectivity index (χ1) is 9.13. The van der Waals surface area contributed by atoms with Crippen molar-refractivity contribution in [2.75, 3.05) is 13.1 Å². The monoisotopic (exact) mass is 263 g/mol. The second-order valence-corrected chi connectivity index (χ2v) is 3.76. The van der Waals surface area contributed by atoms with E-state index in [1.54, 1.807) is 12.1 Å². The highest BCUT2D eigenvalue weighted by atomic mass is 16.6. The van der Waals surface area contributed by atoms with E-state index in [1.165, 1.54) is 12.1 Å². The second kappa shape index (κ2) is 7.67. The molecule has 1 rings (SSSR count). The molecule has 1 aromatic carbocycles. The van der Waals surface area contributed by atoms with E-state index >= 15 is 0 Å². The molecule has 0 radical (unpaired) electrons. The van der Waals surface area contributed by atoms with Gasteiger partial charge in [0.05, 0.1) is 11.3 Å². The summed E-state index contributed by atoms with van der Waals surface area (Å²) in [6.07, 6.45) is 0.647. The molecular weight excluding hydrogens is 250 g/mol. The number of hydrogen-bond acceptors (Lipinski definition) is 4. The van der Waals surface area contributed by atoms with E-state index in [0.29, 0.717) is 25.1 Å². The minimum Gasteiger partial charge on any atom is -0.356 e. The van der Waals surface area contributed by atoms with E-state index < -0.39 is 4.92 Å². The Bertz CT molecular complexity index is 511. The van der Waals surface area contributed by atoms with Gasteiger partial charge in [-0.15, -0.1) is 0 Å². The van der Waals surface area contributed by atoms with Gasteiger partial charge in [0.15, 0.2) is 0 Å². The van der Waals surface area contributed by atoms with Gasteiger partial charge in [0.25, 0.3) is 5.69 Å². The summed E-state index contributed by atoms with van der Waals surface area (Å²) in [5.41, 5.74) is 8.61. The number of hydrogen-bond donors (Lipinski definition) is 1. The lowest BCUT2D eigenvalue weighted by Crippen LogP contribution is -2.26. The average molecular weight is 263 g/mol. The van der Waals surface area contributed by atoms with Gasteiger partial charge >= 0.3 is 0 Å². The summed E-state index contributed by atoms with van der Waals surface area (Å²) in [4.78, 5) is 24.2. The molecule has 0 aliphatic heterocycles. The van der Waals surface area contributed by atoms with Crippen molar-refractivity contribution >= 4 is 11.6 Å². The van der Waals surface area contributed by atoms with Crippen molar-refractivity contribution in [3.8, 4) is 0 Å². The van der Waals surface area contributed by atoms with Crippen LogP contribution in [0.4, 0.5) is 5.69 Å². The highest BCUT2D eigenvalue weighted by Gasteiger charge is 2.08. The van der Waals surface area contributed by atoms with E-state index in [0.717, 1.165) is 0 Å². The number of nitro benzene ring substituents is 1. The van der Waals surface area contributed by atoms with Crippen LogP contribution in [0.2, 0.25) is 0 Å². The van der Waals surface area contributed by atoms with Crippen molar-refractivity contribution in [1.82, 2.24) is 5.32 Å². The zero-order chi connectivity index (χ0) is 14.1. The molecule has 1 amide bonds. The van der Waals surface area contributed by atoms with Crippen LogP contribution in [0.3, 0.4) is 0 Å². The third-order valence-corrected chi connectivity index (χ3v) is 2.31. The number of carbonyl (C=O) groups excluding carboxylic acids is 1. The number of non-ortho nitro benzene ring substituents is 1. The van der Waals surface area contributed by atoms with E-state index in [2.05, 4.69) is 15.3 Å². The summed E-state index contributed by atoms with van der Waals surface area (Å²) < 4.78 is 0. The Morgan fingerprint density at radius 2 is 2.32 bits per heavy atom. The molecule has 0 aromatic heterocycles. The van der Waals surface area contributed by atoms with Crippen LogP contribution in [0, 0.1) is 10.1 Å². The van der Waals surface area contributed by atoms with Gasteiger partial charge in [-0.05, 0) is 17.5 Å². The van der Waals surface area contributed by atoms with Gasteiger partial charge in [-0.2, -0.15) is 0 Å². The zero-order valence-electron chi connectivity index (χ0n) is 10.2. The predicted molar refractivity (Wildman–Crippen MR) is 68.4 cm³/mol. The Morgan fingerprint density at radius 1 is 1.53 bits per heavy atom. The molecule has 1 aromatic rings. The summed E-state index contributed by atoms with van der Waals surface area (Å²) in [6, 6.07) is 5.95. The summed E-state index contributed by atoms with van der Waals surface area (Å²) >= 11 is 0. The second-order valence-electron chi connectivity index (χ2n) is 3.76. The normalized spacial score (nSPS) is 9.47. The van der Waals surface area contributed by atoms with Gasteiger partial charge in [0.2, 0.25) is 5.91 Å². The molecule has 0 bridgehead atoms. The molecule has 8 heteroatoms. The van der Waals surface area contributed by atoms with Crippen molar-refractivity contribution in [3.63, 3.8) is 0 Å². The number of benzene rings is 1. The number of azide groups is 1. The maximum Gasteiger partial charge on any atom is 0.269 e. The molecule has 0 spiro atoms. The van der Waals surface area contributed by atoms with Gasteiger partial charge in [-0.25, -0.2) is 0 Å². The van der Waals surface area contributed by atoms with Gasteiger partial charge in [0, 0.05) is 30.1 Å². The average Bonchev–Trinajstić information content (AvgIpc) is 2.38. The van der Waals surface area contributed by atoms with Crippen molar-refractivity contribution in [1.29, 1.82) is 0 Å². The minimum atomic E-state index is -0.499. The number of amides is 1. The first-order valence-electron chi connectivity index (χ1n) is 5.64. The molecule has 0 fully saturated rings. The third-order valence-electron chi connectivity index (χ3n) is 2.31. The molecule has 100 valence electrons. The minimum absolute atomic E-state index is 0.0337. The number of nitrogens with zero attached hydrogens (tertiary/aromatic N) is 4. The quantitative estimate of drug-likeness (QED) is 0.202. The lowest BCUT2D eigenvalue weighted by atomic mass is 10.1. The molecule has 19 heavy (non-hydrogen) atoms. The predicted octanol–water partition coefficient (Wildman–Crippen LogP) is 1.95. The van der Waals surface area contributed by atoms with Crippen molar-refractivity contribution in [2.45, 2.75) is 12.8 Å². The molecule has 0 atom stereocenters. The Balaban J connectivity index is 2.41. The lowest BCUT2D eigenvalue weighted by molar-refractivity contribution is -0.384. The van der Waals surface area contributed by atoms with E-state index in [1.807, 2.05) is 0 Å². The van der Waals surface area contributed by atoms with Gasteiger partial charge in [-0.3, -0.25) is 14.9 Å². The Hall–Kier alpha value is -2.60. The summed E-state index contributed by atoms with van der Waals surface area (Å²) in [7, 11) is 0. The van der Waals surface area contributed by atoms with Gasteiger partial charge in [-0.1, -0.05) is 17.2 Å². The first-order valence-corrected chi connectivity index (χ1v) is 5.64. The molecule has 0 aliphatic rings. The molecule has 1 N–H and O–H groups in total. The van der Waals surface area contributed by atoms with Crippen LogP contribution >= 0.6 is 0 Å². The number of nitrogens with one attached hydrogen (secondary N) is 1. The largest absolute Gasteiger partial charge is 0.356 e. The van der Waals surface area contributed by atoms with E-state index in [9.17, 15) is 14.9 Å². The van der Waals surface area contributed by atoms with Crippen LogP contribution in [-0.4, -0.2) is 23.9 Å². The summed E-state index contributed by atoms with van der Waals surface area (Å²) in [6.45, 7) is 0.736. The maximum absolute atomic E-state index is 11.5. The van der Waals surface area contributed by atoms with E-state index in [-0.39, 0.29) is 18.0 Å². The van der Waals surface area contributed by atoms with E-state index in [4.69, 9.17) is 5.53 Å². The summed E-state index contributed by atoms with van der Waals surface area (Å²) in [5.74, 6) is -0.221. The molecule has 0 saturated carbocycles. The first kappa shape index (κ1) is 14.5. The smallest absolute Gasteiger partial charge is 0.269 e. The van der Waals surface area contributed by atoms with Gasteiger partial charge < -0.3 is 5.32 Å². The molecule has 0 saturated heterocycles. The Kier molecular flexibility index (Phi) is 5.84. The fraction of sp³-hybridized carbons (Fsp3) is 0.364. The van der Waals surface area contributed by atoms with Crippen molar-refractivity contribution in [2.24, 2.45) is 5.11 Å². The van der Waals surface area contributed by atoms with Crippen LogP contribution in [0.25, 0.3) is 10.4 Å². The summed E-state index contributed by atoms with van der Waals surface area (Å²) in [5, 5.41) is 16.6. The number of carbonyl (C=O) groups is 1. The topological polar surface area (TPSA) is 121 Å². The fourth-order valence-electron chi connectivity index (χ4n) is 1.45. The van der Waals surface area contributed by atoms with Crippen molar-refractivity contribution in [3.05, 3.63) is 50.4 Å². The fourth-order valence-corrected chi connectivity index (χ4v) is 1.45. The highest BCUT2D eigenvalue weighted by Crippen LogP contribution is 2.13.